The summed E-state index contributed by atoms with van der Waals surface area (Å²) in [5, 5.41) is 8.38. The van der Waals surface area contributed by atoms with Crippen molar-refractivity contribution in [2.75, 3.05) is 6.26 Å². The molecule has 1 aliphatic rings. The van der Waals surface area contributed by atoms with E-state index >= 15 is 0 Å². The smallest absolute Gasteiger partial charge is 0.259 e. The van der Waals surface area contributed by atoms with Crippen LogP contribution in [0.15, 0.2) is 58.5 Å². The van der Waals surface area contributed by atoms with Crippen molar-refractivity contribution in [1.82, 2.24) is 29.5 Å². The molecular weight excluding hydrogens is 538 g/mol. The number of alkyl halides is 2. The van der Waals surface area contributed by atoms with Gasteiger partial charge in [0.05, 0.1) is 33.8 Å². The third-order valence-electron chi connectivity index (χ3n) is 7.93. The Labute approximate surface area is 228 Å². The lowest BCUT2D eigenvalue weighted by Crippen LogP contribution is -2.30. The molecule has 0 spiro atoms. The van der Waals surface area contributed by atoms with Crippen molar-refractivity contribution in [2.45, 2.75) is 49.5 Å². The molecule has 4 heterocycles. The van der Waals surface area contributed by atoms with Gasteiger partial charge in [-0.3, -0.25) is 9.78 Å². The van der Waals surface area contributed by atoms with Crippen LogP contribution in [-0.4, -0.2) is 50.1 Å². The summed E-state index contributed by atoms with van der Waals surface area (Å²) in [5.41, 5.74) is 3.51. The summed E-state index contributed by atoms with van der Waals surface area (Å²) in [6.07, 6.45) is 3.87. The second-order valence-corrected chi connectivity index (χ2v) is 12.6. The van der Waals surface area contributed by atoms with Crippen LogP contribution in [0.2, 0.25) is 0 Å². The fourth-order valence-corrected chi connectivity index (χ4v) is 6.95. The summed E-state index contributed by atoms with van der Waals surface area (Å²) in [5.74, 6) is -2.98. The molecule has 1 saturated carbocycles. The van der Waals surface area contributed by atoms with Crippen LogP contribution in [0.3, 0.4) is 0 Å². The number of nitrogens with one attached hydrogen (secondary N) is 1. The average Bonchev–Trinajstić information content (AvgIpc) is 3.42. The first kappa shape index (κ1) is 26.3. The van der Waals surface area contributed by atoms with Gasteiger partial charge in [0.2, 0.25) is 5.92 Å². The monoisotopic (exact) mass is 566 g/mol. The molecule has 1 N–H and O–H groups in total. The van der Waals surface area contributed by atoms with E-state index in [1.165, 1.54) is 6.20 Å². The minimum absolute atomic E-state index is 0.0536. The Morgan fingerprint density at radius 1 is 1.15 bits per heavy atom. The summed E-state index contributed by atoms with van der Waals surface area (Å²) in [6.45, 7) is 1.82. The average molecular weight is 567 g/mol. The van der Waals surface area contributed by atoms with E-state index in [4.69, 9.17) is 0 Å². The minimum Gasteiger partial charge on any atom is -0.330 e. The van der Waals surface area contributed by atoms with Crippen LogP contribution in [0.4, 0.5) is 8.78 Å². The molecule has 1 aromatic carbocycles. The molecule has 1 fully saturated rings. The van der Waals surface area contributed by atoms with Crippen molar-refractivity contribution in [3.8, 4) is 11.3 Å². The Kier molecular flexibility index (Phi) is 6.13. The third kappa shape index (κ3) is 4.30. The van der Waals surface area contributed by atoms with E-state index in [1.807, 2.05) is 47.9 Å². The molecule has 9 nitrogen and oxygen atoms in total. The van der Waals surface area contributed by atoms with Gasteiger partial charge in [-0.15, -0.1) is 5.10 Å². The van der Waals surface area contributed by atoms with Gasteiger partial charge in [0.1, 0.15) is 10.4 Å². The van der Waals surface area contributed by atoms with Gasteiger partial charge in [-0.05, 0) is 37.3 Å². The Balaban J connectivity index is 1.75. The topological polar surface area (TPSA) is 116 Å². The normalized spacial score (nSPS) is 17.0. The van der Waals surface area contributed by atoms with Crippen LogP contribution in [0.1, 0.15) is 43.0 Å². The van der Waals surface area contributed by atoms with Crippen LogP contribution in [-0.2, 0) is 16.9 Å². The third-order valence-corrected chi connectivity index (χ3v) is 9.04. The summed E-state index contributed by atoms with van der Waals surface area (Å²) in [6, 6.07) is 10.8. The van der Waals surface area contributed by atoms with Crippen molar-refractivity contribution in [3.05, 3.63) is 70.4 Å². The number of hydrogen-bond acceptors (Lipinski definition) is 6. The van der Waals surface area contributed by atoms with Crippen LogP contribution in [0, 0.1) is 12.8 Å². The predicted molar refractivity (Wildman–Crippen MR) is 147 cm³/mol. The summed E-state index contributed by atoms with van der Waals surface area (Å²) in [7, 11) is -2.05. The fraction of sp³-hybridized carbons (Fsp3) is 0.357. The number of H-pyrrole nitrogens is 1. The number of fused-ring (bicyclic) bond motifs is 3. The predicted octanol–water partition coefficient (Wildman–Crippen LogP) is 4.80. The number of aromatic amines is 1. The highest BCUT2D eigenvalue weighted by Crippen LogP contribution is 2.46. The lowest BCUT2D eigenvalue weighted by Gasteiger charge is -2.36. The van der Waals surface area contributed by atoms with E-state index in [1.54, 1.807) is 17.9 Å². The lowest BCUT2D eigenvalue weighted by atomic mass is 9.79. The number of pyridine rings is 2. The van der Waals surface area contributed by atoms with Crippen molar-refractivity contribution in [1.29, 1.82) is 0 Å². The van der Waals surface area contributed by atoms with Gasteiger partial charge in [-0.2, -0.15) is 0 Å². The molecule has 0 saturated heterocycles. The van der Waals surface area contributed by atoms with Crippen molar-refractivity contribution in [3.63, 3.8) is 0 Å². The maximum absolute atomic E-state index is 14.3. The first-order valence-electron chi connectivity index (χ1n) is 13.0. The number of sulfone groups is 1. The molecule has 0 radical (unpaired) electrons. The maximum atomic E-state index is 14.3. The van der Waals surface area contributed by atoms with E-state index in [-0.39, 0.29) is 47.4 Å². The summed E-state index contributed by atoms with van der Waals surface area (Å²) in [4.78, 5) is 20.5. The van der Waals surface area contributed by atoms with E-state index in [9.17, 15) is 22.0 Å². The summed E-state index contributed by atoms with van der Waals surface area (Å²) < 4.78 is 58.2. The Hall–Kier alpha value is -3.93. The molecule has 6 rings (SSSR count). The van der Waals surface area contributed by atoms with E-state index < -0.39 is 27.4 Å². The van der Waals surface area contributed by atoms with Crippen molar-refractivity contribution < 1.29 is 17.2 Å². The number of aryl methyl sites for hydroxylation is 2. The molecule has 12 heteroatoms. The summed E-state index contributed by atoms with van der Waals surface area (Å²) >= 11 is 0. The first-order valence-corrected chi connectivity index (χ1v) is 14.9. The molecule has 1 atom stereocenters. The number of benzene rings is 1. The zero-order valence-corrected chi connectivity index (χ0v) is 23.0. The van der Waals surface area contributed by atoms with Gasteiger partial charge >= 0.3 is 0 Å². The maximum Gasteiger partial charge on any atom is 0.259 e. The largest absolute Gasteiger partial charge is 0.330 e. The second kappa shape index (κ2) is 9.33. The zero-order valence-electron chi connectivity index (χ0n) is 22.2. The van der Waals surface area contributed by atoms with Gasteiger partial charge in [-0.1, -0.05) is 35.5 Å². The van der Waals surface area contributed by atoms with Crippen LogP contribution < -0.4 is 5.56 Å². The molecule has 5 aromatic rings. The molecule has 0 unspecified atom stereocenters. The van der Waals surface area contributed by atoms with Gasteiger partial charge in [0.25, 0.3) is 5.56 Å². The van der Waals surface area contributed by atoms with Crippen LogP contribution in [0.25, 0.3) is 33.2 Å². The second-order valence-electron chi connectivity index (χ2n) is 10.6. The lowest BCUT2D eigenvalue weighted by molar-refractivity contribution is -0.0493. The highest BCUT2D eigenvalue weighted by atomic mass is 32.2. The molecule has 208 valence electrons. The molecule has 0 bridgehead atoms. The van der Waals surface area contributed by atoms with Gasteiger partial charge in [-0.25, -0.2) is 21.9 Å². The molecule has 40 heavy (non-hydrogen) atoms. The van der Waals surface area contributed by atoms with Gasteiger partial charge < -0.3 is 9.55 Å². The Bertz CT molecular complexity index is 1900. The number of hydrogen-bond donors (Lipinski definition) is 1. The SMILES string of the molecule is Cc1nnn(C)c1-c1cnc2c3c(=O)[nH]cc(S(C)(=O)=O)c3n([C@H](c3ccccc3)C3CCC(F)(F)CC3)c2c1. The van der Waals surface area contributed by atoms with E-state index in [0.717, 1.165) is 17.5 Å². The highest BCUT2D eigenvalue weighted by Gasteiger charge is 2.40. The standard InChI is InChI=1S/C28H28F2N6O3S/c1-16-24(35(2)34-33-16)19-13-20-23(31-14-19)22-26(21(40(3,38)39)15-32-27(22)37)36(20)25(17-7-5-4-6-8-17)18-9-11-28(29,30)12-10-18/h4-8,13-15,18,25H,9-12H2,1-3H3,(H,32,37)/t25-/m1/s1. The molecule has 1 aliphatic carbocycles. The van der Waals surface area contributed by atoms with E-state index in [2.05, 4.69) is 20.3 Å². The highest BCUT2D eigenvalue weighted by molar-refractivity contribution is 7.91. The number of aromatic nitrogens is 6. The molecule has 0 aliphatic heterocycles. The first-order chi connectivity index (χ1) is 19.0. The van der Waals surface area contributed by atoms with E-state index in [0.29, 0.717) is 22.3 Å². The number of rotatable bonds is 5. The van der Waals surface area contributed by atoms with Crippen molar-refractivity contribution >= 4 is 31.8 Å². The zero-order chi connectivity index (χ0) is 28.4. The van der Waals surface area contributed by atoms with Gasteiger partial charge in [0, 0.05) is 44.1 Å². The number of halogens is 2. The molecular formula is C28H28F2N6O3S. The molecule has 0 amide bonds. The fourth-order valence-electron chi connectivity index (χ4n) is 6.13. The minimum atomic E-state index is -3.81. The Morgan fingerprint density at radius 3 is 2.48 bits per heavy atom. The van der Waals surface area contributed by atoms with Gasteiger partial charge in [0.15, 0.2) is 9.84 Å². The van der Waals surface area contributed by atoms with Crippen molar-refractivity contribution in [2.24, 2.45) is 13.0 Å². The van der Waals surface area contributed by atoms with Crippen LogP contribution in [0.5, 0.6) is 0 Å². The Morgan fingerprint density at radius 2 is 1.85 bits per heavy atom. The number of nitrogens with zero attached hydrogens (tertiary/aromatic N) is 5. The molecule has 4 aromatic heterocycles. The van der Waals surface area contributed by atoms with Crippen LogP contribution >= 0.6 is 0 Å². The quantitative estimate of drug-likeness (QED) is 0.327.